The smallest absolute Gasteiger partial charge is 0.416 e. The molecule has 0 radical (unpaired) electrons. The van der Waals surface area contributed by atoms with Gasteiger partial charge in [-0.3, -0.25) is 4.79 Å². The summed E-state index contributed by atoms with van der Waals surface area (Å²) in [4.78, 5) is 10.9. The number of hydrogen-bond donors (Lipinski definition) is 0. The second-order valence-electron chi connectivity index (χ2n) is 6.41. The Labute approximate surface area is 157 Å². The highest BCUT2D eigenvalue weighted by atomic mass is 79.9. The highest BCUT2D eigenvalue weighted by Crippen LogP contribution is 2.34. The molecule has 25 heavy (non-hydrogen) atoms. The van der Waals surface area contributed by atoms with Crippen LogP contribution < -0.4 is 0 Å². The van der Waals surface area contributed by atoms with Crippen LogP contribution >= 0.6 is 15.9 Å². The second-order valence-corrected chi connectivity index (χ2v) is 7.32. The SMILES string of the molecule is CCC(C)C(C)C.CCC(OC(C)=O)c1cc(Br)cc(C(F)(F)F)c1. The van der Waals surface area contributed by atoms with Gasteiger partial charge in [-0.2, -0.15) is 13.2 Å². The topological polar surface area (TPSA) is 26.3 Å². The summed E-state index contributed by atoms with van der Waals surface area (Å²) < 4.78 is 43.2. The maximum Gasteiger partial charge on any atom is 0.416 e. The van der Waals surface area contributed by atoms with Crippen molar-refractivity contribution in [3.8, 4) is 0 Å². The van der Waals surface area contributed by atoms with Crippen LogP contribution in [0.3, 0.4) is 0 Å². The van der Waals surface area contributed by atoms with Crippen molar-refractivity contribution in [1.29, 1.82) is 0 Å². The van der Waals surface area contributed by atoms with Crippen molar-refractivity contribution in [2.75, 3.05) is 0 Å². The third kappa shape index (κ3) is 9.28. The summed E-state index contributed by atoms with van der Waals surface area (Å²) >= 11 is 3.03. The highest BCUT2D eigenvalue weighted by Gasteiger charge is 2.31. The second kappa shape index (κ2) is 10.8. The van der Waals surface area contributed by atoms with Gasteiger partial charge in [0, 0.05) is 11.4 Å². The molecule has 1 aromatic rings. The zero-order chi connectivity index (χ0) is 19.8. The van der Waals surface area contributed by atoms with Gasteiger partial charge < -0.3 is 4.74 Å². The van der Waals surface area contributed by atoms with Crippen LogP contribution in [-0.4, -0.2) is 5.97 Å². The Morgan fingerprint density at radius 3 is 2.00 bits per heavy atom. The number of alkyl halides is 3. The molecule has 0 bridgehead atoms. The standard InChI is InChI=1S/C12H12BrF3O2.C7H16/c1-3-11(18-7(2)17)8-4-9(12(14,15)16)6-10(13)5-8;1-5-7(4)6(2)3/h4-6,11H,3H2,1-2H3;6-7H,5H2,1-4H3. The third-order valence-corrected chi connectivity index (χ3v) is 4.54. The summed E-state index contributed by atoms with van der Waals surface area (Å²) in [5.41, 5.74) is -0.438. The van der Waals surface area contributed by atoms with Crippen LogP contribution in [0.1, 0.15) is 71.6 Å². The Bertz CT molecular complexity index is 542. The summed E-state index contributed by atoms with van der Waals surface area (Å²) in [6.45, 7) is 12.0. The third-order valence-electron chi connectivity index (χ3n) is 4.08. The van der Waals surface area contributed by atoms with E-state index in [2.05, 4.69) is 43.6 Å². The Hall–Kier alpha value is -1.04. The monoisotopic (exact) mass is 424 g/mol. The molecule has 2 unspecified atom stereocenters. The predicted octanol–water partition coefficient (Wildman–Crippen LogP) is 7.17. The number of carbonyl (C=O) groups excluding carboxylic acids is 1. The van der Waals surface area contributed by atoms with E-state index in [4.69, 9.17) is 4.74 Å². The van der Waals surface area contributed by atoms with E-state index in [0.29, 0.717) is 16.5 Å². The van der Waals surface area contributed by atoms with Gasteiger partial charge in [-0.25, -0.2) is 0 Å². The van der Waals surface area contributed by atoms with Crippen molar-refractivity contribution in [2.24, 2.45) is 11.8 Å². The van der Waals surface area contributed by atoms with Gasteiger partial charge in [-0.05, 0) is 42.0 Å². The van der Waals surface area contributed by atoms with Crippen molar-refractivity contribution >= 4 is 21.9 Å². The molecule has 0 N–H and O–H groups in total. The largest absolute Gasteiger partial charge is 0.458 e. The lowest BCUT2D eigenvalue weighted by atomic mass is 9.96. The first-order valence-electron chi connectivity index (χ1n) is 8.47. The lowest BCUT2D eigenvalue weighted by Gasteiger charge is -2.17. The normalized spacial score (nSPS) is 13.7. The van der Waals surface area contributed by atoms with Crippen molar-refractivity contribution in [2.45, 2.75) is 66.7 Å². The van der Waals surface area contributed by atoms with E-state index >= 15 is 0 Å². The van der Waals surface area contributed by atoms with Gasteiger partial charge in [-0.1, -0.05) is 57.0 Å². The summed E-state index contributed by atoms with van der Waals surface area (Å²) in [5.74, 6) is 1.25. The van der Waals surface area contributed by atoms with Gasteiger partial charge in [-0.15, -0.1) is 0 Å². The molecule has 1 aromatic carbocycles. The molecular weight excluding hydrogens is 397 g/mol. The zero-order valence-corrected chi connectivity index (χ0v) is 17.3. The van der Waals surface area contributed by atoms with E-state index in [1.165, 1.54) is 19.4 Å². The first-order valence-corrected chi connectivity index (χ1v) is 9.26. The average Bonchev–Trinajstić information content (AvgIpc) is 2.50. The molecule has 0 aliphatic heterocycles. The fourth-order valence-corrected chi connectivity index (χ4v) is 2.53. The van der Waals surface area contributed by atoms with Crippen LogP contribution in [0.25, 0.3) is 0 Å². The summed E-state index contributed by atoms with van der Waals surface area (Å²) in [6, 6.07) is 3.51. The molecular formula is C19H28BrF3O2. The van der Waals surface area contributed by atoms with Crippen molar-refractivity contribution in [3.63, 3.8) is 0 Å². The molecule has 2 atom stereocenters. The van der Waals surface area contributed by atoms with Gasteiger partial charge in [0.1, 0.15) is 6.10 Å². The molecule has 0 saturated heterocycles. The first kappa shape index (κ1) is 24.0. The number of carbonyl (C=O) groups is 1. The average molecular weight is 425 g/mol. The van der Waals surface area contributed by atoms with E-state index in [-0.39, 0.29) is 0 Å². The molecule has 144 valence electrons. The van der Waals surface area contributed by atoms with Gasteiger partial charge in [0.2, 0.25) is 0 Å². The van der Waals surface area contributed by atoms with Gasteiger partial charge in [0.05, 0.1) is 5.56 Å². The summed E-state index contributed by atoms with van der Waals surface area (Å²) in [7, 11) is 0. The molecule has 0 heterocycles. The van der Waals surface area contributed by atoms with E-state index < -0.39 is 23.8 Å². The lowest BCUT2D eigenvalue weighted by molar-refractivity contribution is -0.146. The minimum absolute atomic E-state index is 0.304. The minimum atomic E-state index is -4.42. The maximum absolute atomic E-state index is 12.6. The van der Waals surface area contributed by atoms with Crippen molar-refractivity contribution < 1.29 is 22.7 Å². The van der Waals surface area contributed by atoms with E-state index in [1.807, 2.05) is 0 Å². The molecule has 0 saturated carbocycles. The number of benzene rings is 1. The van der Waals surface area contributed by atoms with Crippen LogP contribution in [0, 0.1) is 11.8 Å². The molecule has 0 aliphatic rings. The predicted molar refractivity (Wildman–Crippen MR) is 98.2 cm³/mol. The molecule has 0 fully saturated rings. The Balaban J connectivity index is 0.000000697. The van der Waals surface area contributed by atoms with Crippen LogP contribution in [0.5, 0.6) is 0 Å². The molecule has 2 nitrogen and oxygen atoms in total. The van der Waals surface area contributed by atoms with Gasteiger partial charge in [0.25, 0.3) is 0 Å². The molecule has 0 spiro atoms. The molecule has 0 aromatic heterocycles. The number of hydrogen-bond acceptors (Lipinski definition) is 2. The Morgan fingerprint density at radius 1 is 1.12 bits per heavy atom. The van der Waals surface area contributed by atoms with E-state index in [1.54, 1.807) is 6.92 Å². The number of rotatable bonds is 5. The zero-order valence-electron chi connectivity index (χ0n) is 15.7. The Kier molecular flexibility index (Phi) is 10.4. The lowest BCUT2D eigenvalue weighted by Crippen LogP contribution is -2.10. The van der Waals surface area contributed by atoms with Crippen molar-refractivity contribution in [3.05, 3.63) is 33.8 Å². The first-order chi connectivity index (χ1) is 11.4. The number of esters is 1. The summed E-state index contributed by atoms with van der Waals surface area (Å²) in [5, 5.41) is 0. The summed E-state index contributed by atoms with van der Waals surface area (Å²) in [6.07, 6.45) is -3.36. The quantitative estimate of drug-likeness (QED) is 0.468. The maximum atomic E-state index is 12.6. The minimum Gasteiger partial charge on any atom is -0.458 e. The fourth-order valence-electron chi connectivity index (χ4n) is 2.02. The molecule has 1 rings (SSSR count). The van der Waals surface area contributed by atoms with E-state index in [0.717, 1.165) is 24.0 Å². The van der Waals surface area contributed by atoms with Crippen LogP contribution in [-0.2, 0) is 15.7 Å². The van der Waals surface area contributed by atoms with Crippen molar-refractivity contribution in [1.82, 2.24) is 0 Å². The van der Waals surface area contributed by atoms with Gasteiger partial charge in [0.15, 0.2) is 0 Å². The molecule has 6 heteroatoms. The molecule has 0 aliphatic carbocycles. The van der Waals surface area contributed by atoms with Crippen LogP contribution in [0.4, 0.5) is 13.2 Å². The van der Waals surface area contributed by atoms with Crippen LogP contribution in [0.15, 0.2) is 22.7 Å². The van der Waals surface area contributed by atoms with E-state index in [9.17, 15) is 18.0 Å². The number of ether oxygens (including phenoxy) is 1. The fraction of sp³-hybridized carbons (Fsp3) is 0.632. The molecule has 0 amide bonds. The van der Waals surface area contributed by atoms with Crippen LogP contribution in [0.2, 0.25) is 0 Å². The number of halogens is 4. The Morgan fingerprint density at radius 2 is 1.68 bits per heavy atom. The van der Waals surface area contributed by atoms with Gasteiger partial charge >= 0.3 is 12.1 Å². The highest BCUT2D eigenvalue weighted by molar-refractivity contribution is 9.10.